The second kappa shape index (κ2) is 7.03. The maximum Gasteiger partial charge on any atom is 0.257 e. The zero-order chi connectivity index (χ0) is 18.8. The number of allylic oxidation sites excluding steroid dienone is 2. The van der Waals surface area contributed by atoms with Crippen LogP contribution in [0.3, 0.4) is 0 Å². The number of carbonyl (C=O) groups is 1. The quantitative estimate of drug-likeness (QED) is 0.744. The summed E-state index contributed by atoms with van der Waals surface area (Å²) in [5.41, 5.74) is 5.36. The largest absolute Gasteiger partial charge is 0.497 e. The topological polar surface area (TPSA) is 52.0 Å². The second-order valence-corrected chi connectivity index (χ2v) is 6.38. The number of carbonyl (C=O) groups excluding carboxylic acids is 1. The molecule has 136 valence electrons. The van der Waals surface area contributed by atoms with Crippen molar-refractivity contribution in [1.29, 1.82) is 0 Å². The van der Waals surface area contributed by atoms with E-state index in [-0.39, 0.29) is 5.91 Å². The Bertz CT molecular complexity index is 1040. The van der Waals surface area contributed by atoms with Gasteiger partial charge in [0.05, 0.1) is 18.9 Å². The lowest BCUT2D eigenvalue weighted by atomic mass is 9.97. The summed E-state index contributed by atoms with van der Waals surface area (Å²) in [6, 6.07) is 13.4. The fourth-order valence-corrected chi connectivity index (χ4v) is 3.23. The Hall–Kier alpha value is -3.47. The van der Waals surface area contributed by atoms with Gasteiger partial charge in [-0.3, -0.25) is 4.79 Å². The molecule has 0 fully saturated rings. The van der Waals surface area contributed by atoms with Gasteiger partial charge in [0.15, 0.2) is 0 Å². The number of anilines is 1. The normalized spacial score (nSPS) is 13.6. The Morgan fingerprint density at radius 1 is 1.22 bits per heavy atom. The van der Waals surface area contributed by atoms with E-state index in [0.29, 0.717) is 23.6 Å². The summed E-state index contributed by atoms with van der Waals surface area (Å²) in [6.45, 7) is 2.54. The lowest BCUT2D eigenvalue weighted by Gasteiger charge is -2.17. The van der Waals surface area contributed by atoms with Gasteiger partial charge in [0.25, 0.3) is 5.91 Å². The number of ether oxygens (including phenoxy) is 2. The molecule has 1 aromatic carbocycles. The number of benzene rings is 1. The number of hydrogen-bond acceptors (Lipinski definition) is 3. The molecule has 5 heteroatoms. The molecule has 1 amide bonds. The molecule has 3 heterocycles. The van der Waals surface area contributed by atoms with E-state index in [4.69, 9.17) is 9.47 Å². The van der Waals surface area contributed by atoms with Crippen LogP contribution in [0.25, 0.3) is 11.1 Å². The molecule has 1 aliphatic rings. The second-order valence-electron chi connectivity index (χ2n) is 6.38. The number of pyridine rings is 1. The van der Waals surface area contributed by atoms with E-state index in [9.17, 15) is 4.79 Å². The highest BCUT2D eigenvalue weighted by Crippen LogP contribution is 2.34. The van der Waals surface area contributed by atoms with Crippen LogP contribution in [0.15, 0.2) is 72.8 Å². The van der Waals surface area contributed by atoms with E-state index < -0.39 is 0 Å². The van der Waals surface area contributed by atoms with Gasteiger partial charge in [-0.05, 0) is 54.5 Å². The van der Waals surface area contributed by atoms with Gasteiger partial charge in [-0.2, -0.15) is 0 Å². The van der Waals surface area contributed by atoms with Gasteiger partial charge in [-0.1, -0.05) is 6.07 Å². The molecule has 0 radical (unpaired) electrons. The summed E-state index contributed by atoms with van der Waals surface area (Å²) < 4.78 is 12.8. The lowest BCUT2D eigenvalue weighted by Crippen LogP contribution is -2.11. The number of aromatic nitrogens is 1. The van der Waals surface area contributed by atoms with Crippen LogP contribution in [0, 0.1) is 0 Å². The highest BCUT2D eigenvalue weighted by Gasteiger charge is 2.15. The van der Waals surface area contributed by atoms with Crippen molar-refractivity contribution in [2.45, 2.75) is 6.92 Å². The molecule has 1 N–H and O–H groups in total. The molecule has 27 heavy (non-hydrogen) atoms. The molecule has 0 unspecified atom stereocenters. The maximum atomic E-state index is 12.6. The van der Waals surface area contributed by atoms with Crippen LogP contribution in [0.5, 0.6) is 5.75 Å². The monoisotopic (exact) mass is 360 g/mol. The van der Waals surface area contributed by atoms with Crippen LogP contribution in [0.1, 0.15) is 22.8 Å². The van der Waals surface area contributed by atoms with E-state index >= 15 is 0 Å². The first-order valence-electron chi connectivity index (χ1n) is 8.71. The Morgan fingerprint density at radius 2 is 2.11 bits per heavy atom. The number of rotatable bonds is 4. The number of nitrogens with zero attached hydrogens (tertiary/aromatic N) is 1. The fourth-order valence-electron chi connectivity index (χ4n) is 3.23. The standard InChI is InChI=1S/C22H20N2O3/c1-15-14-27-10-8-19(15)20-7-6-17(12-21(20)26-2)23-22(25)16-11-18-5-3-4-9-24(18)13-16/h3-9,11-14H,10H2,1-2H3,(H,23,25). The molecule has 0 saturated carbocycles. The van der Waals surface area contributed by atoms with Gasteiger partial charge < -0.3 is 19.2 Å². The number of fused-ring (bicyclic) bond motifs is 1. The van der Waals surface area contributed by atoms with E-state index in [1.165, 1.54) is 0 Å². The van der Waals surface area contributed by atoms with Crippen LogP contribution < -0.4 is 10.1 Å². The van der Waals surface area contributed by atoms with Gasteiger partial charge in [-0.25, -0.2) is 0 Å². The first-order valence-corrected chi connectivity index (χ1v) is 8.71. The first-order chi connectivity index (χ1) is 13.2. The van der Waals surface area contributed by atoms with Crippen LogP contribution in [0.4, 0.5) is 5.69 Å². The van der Waals surface area contributed by atoms with Crippen molar-refractivity contribution >= 4 is 22.7 Å². The Kier molecular flexibility index (Phi) is 4.42. The van der Waals surface area contributed by atoms with Gasteiger partial charge >= 0.3 is 0 Å². The third-order valence-corrected chi connectivity index (χ3v) is 4.58. The van der Waals surface area contributed by atoms with Crippen molar-refractivity contribution in [2.75, 3.05) is 19.0 Å². The zero-order valence-electron chi connectivity index (χ0n) is 15.2. The summed E-state index contributed by atoms with van der Waals surface area (Å²) >= 11 is 0. The number of amides is 1. The van der Waals surface area contributed by atoms with E-state index in [2.05, 4.69) is 5.32 Å². The number of hydrogen-bond donors (Lipinski definition) is 1. The third-order valence-electron chi connectivity index (χ3n) is 4.58. The zero-order valence-corrected chi connectivity index (χ0v) is 15.2. The van der Waals surface area contributed by atoms with E-state index in [0.717, 1.165) is 22.2 Å². The molecular weight excluding hydrogens is 340 g/mol. The molecule has 0 spiro atoms. The molecule has 0 atom stereocenters. The van der Waals surface area contributed by atoms with Crippen LogP contribution in [-0.2, 0) is 4.74 Å². The van der Waals surface area contributed by atoms with Gasteiger partial charge in [0.2, 0.25) is 0 Å². The van der Waals surface area contributed by atoms with Crippen molar-refractivity contribution in [3.8, 4) is 5.75 Å². The fraction of sp³-hybridized carbons (Fsp3) is 0.136. The molecule has 4 rings (SSSR count). The molecule has 0 bridgehead atoms. The Labute approximate surface area is 157 Å². The summed E-state index contributed by atoms with van der Waals surface area (Å²) in [7, 11) is 1.63. The third kappa shape index (κ3) is 3.31. The highest BCUT2D eigenvalue weighted by atomic mass is 16.5. The minimum atomic E-state index is -0.158. The predicted molar refractivity (Wildman–Crippen MR) is 106 cm³/mol. The van der Waals surface area contributed by atoms with Crippen molar-refractivity contribution in [3.63, 3.8) is 0 Å². The maximum absolute atomic E-state index is 12.6. The average molecular weight is 360 g/mol. The van der Waals surface area contributed by atoms with E-state index in [1.54, 1.807) is 13.4 Å². The molecule has 1 aliphatic heterocycles. The van der Waals surface area contributed by atoms with Gasteiger partial charge in [0, 0.05) is 35.2 Å². The molecule has 5 nitrogen and oxygen atoms in total. The molecule has 0 saturated heterocycles. The highest BCUT2D eigenvalue weighted by molar-refractivity contribution is 6.05. The van der Waals surface area contributed by atoms with Crippen LogP contribution in [0.2, 0.25) is 0 Å². The summed E-state index contributed by atoms with van der Waals surface area (Å²) in [6.07, 6.45) is 7.51. The molecule has 2 aromatic heterocycles. The van der Waals surface area contributed by atoms with Crippen LogP contribution in [-0.4, -0.2) is 24.0 Å². The number of nitrogens with one attached hydrogen (secondary N) is 1. The SMILES string of the molecule is COc1cc(NC(=O)c2cc3ccccn3c2)ccc1C1=CCOC=C1C. The average Bonchev–Trinajstić information content (AvgIpc) is 3.13. The van der Waals surface area contributed by atoms with Crippen molar-refractivity contribution in [3.05, 3.63) is 83.9 Å². The van der Waals surface area contributed by atoms with Crippen molar-refractivity contribution in [1.82, 2.24) is 4.40 Å². The first kappa shape index (κ1) is 17.0. The Morgan fingerprint density at radius 3 is 2.89 bits per heavy atom. The predicted octanol–water partition coefficient (Wildman–Crippen LogP) is 4.52. The van der Waals surface area contributed by atoms with Gasteiger partial charge in [0.1, 0.15) is 12.4 Å². The summed E-state index contributed by atoms with van der Waals surface area (Å²) in [5, 5.41) is 2.94. The summed E-state index contributed by atoms with van der Waals surface area (Å²) in [4.78, 5) is 12.6. The minimum absolute atomic E-state index is 0.158. The number of methoxy groups -OCH3 is 1. The lowest BCUT2D eigenvalue weighted by molar-refractivity contribution is 0.102. The summed E-state index contributed by atoms with van der Waals surface area (Å²) in [5.74, 6) is 0.547. The van der Waals surface area contributed by atoms with E-state index in [1.807, 2.05) is 72.3 Å². The smallest absolute Gasteiger partial charge is 0.257 e. The Balaban J connectivity index is 1.60. The van der Waals surface area contributed by atoms with Crippen molar-refractivity contribution < 1.29 is 14.3 Å². The molecular formula is C22H20N2O3. The minimum Gasteiger partial charge on any atom is -0.497 e. The van der Waals surface area contributed by atoms with Gasteiger partial charge in [-0.15, -0.1) is 0 Å². The van der Waals surface area contributed by atoms with Crippen LogP contribution >= 0.6 is 0 Å². The van der Waals surface area contributed by atoms with Crippen molar-refractivity contribution in [2.24, 2.45) is 0 Å². The molecule has 0 aliphatic carbocycles. The molecule has 3 aromatic rings.